The summed E-state index contributed by atoms with van der Waals surface area (Å²) in [6.07, 6.45) is 4.58. The van der Waals surface area contributed by atoms with Gasteiger partial charge in [0.25, 0.3) is 0 Å². The first-order chi connectivity index (χ1) is 10.3. The van der Waals surface area contributed by atoms with Gasteiger partial charge in [-0.05, 0) is 60.9 Å². The molecule has 1 atom stereocenters. The number of benzene rings is 1. The molecule has 0 radical (unpaired) electrons. The van der Waals surface area contributed by atoms with Gasteiger partial charge in [-0.2, -0.15) is 0 Å². The van der Waals surface area contributed by atoms with Gasteiger partial charge in [0, 0.05) is 12.8 Å². The van der Waals surface area contributed by atoms with Gasteiger partial charge < -0.3 is 4.43 Å². The van der Waals surface area contributed by atoms with E-state index in [4.69, 9.17) is 4.43 Å². The number of carbonyl (C=O) groups is 1. The van der Waals surface area contributed by atoms with Crippen LogP contribution in [-0.4, -0.2) is 14.8 Å². The van der Waals surface area contributed by atoms with Crippen LogP contribution < -0.4 is 4.43 Å². The maximum absolute atomic E-state index is 11.7. The fourth-order valence-corrected chi connectivity index (χ4v) is 3.87. The van der Waals surface area contributed by atoms with Crippen LogP contribution in [0.3, 0.4) is 0 Å². The van der Waals surface area contributed by atoms with E-state index in [-0.39, 0.29) is 5.41 Å². The minimum absolute atomic E-state index is 0.134. The summed E-state index contributed by atoms with van der Waals surface area (Å²) in [7, 11) is -1.14. The second kappa shape index (κ2) is 6.99. The van der Waals surface area contributed by atoms with E-state index in [1.807, 2.05) is 0 Å². The lowest BCUT2D eigenvalue weighted by Gasteiger charge is -2.25. The number of carbonyl (C=O) groups excluding carboxylic acids is 1. The Labute approximate surface area is 137 Å². The Morgan fingerprint density at radius 2 is 1.86 bits per heavy atom. The molecular weight excluding hydrogens is 288 g/mol. The van der Waals surface area contributed by atoms with Gasteiger partial charge >= 0.3 is 0 Å². The van der Waals surface area contributed by atoms with E-state index in [0.717, 1.165) is 37.9 Å². The molecule has 0 saturated heterocycles. The largest absolute Gasteiger partial charge is 0.547 e. The summed E-state index contributed by atoms with van der Waals surface area (Å²) in [5.74, 6) is 1.98. The zero-order valence-electron chi connectivity index (χ0n) is 14.7. The first kappa shape index (κ1) is 17.3. The summed E-state index contributed by atoms with van der Waals surface area (Å²) < 4.78 is 6.26. The Hall–Kier alpha value is -1.09. The van der Waals surface area contributed by atoms with Crippen LogP contribution in [0.4, 0.5) is 0 Å². The molecule has 22 heavy (non-hydrogen) atoms. The molecule has 1 saturated carbocycles. The molecule has 1 aromatic rings. The number of ketones is 1. The lowest BCUT2D eigenvalue weighted by atomic mass is 9.84. The summed E-state index contributed by atoms with van der Waals surface area (Å²) in [4.78, 5) is 11.7. The Balaban J connectivity index is 2.34. The molecule has 0 spiro atoms. The maximum atomic E-state index is 11.7. The van der Waals surface area contributed by atoms with Crippen molar-refractivity contribution in [3.05, 3.63) is 29.3 Å². The average Bonchev–Trinajstić information content (AvgIpc) is 2.62. The molecule has 1 unspecified atom stereocenters. The van der Waals surface area contributed by atoms with Crippen LogP contribution in [0.15, 0.2) is 18.2 Å². The van der Waals surface area contributed by atoms with Crippen molar-refractivity contribution in [2.75, 3.05) is 0 Å². The van der Waals surface area contributed by atoms with Crippen molar-refractivity contribution in [2.45, 2.75) is 77.3 Å². The minimum Gasteiger partial charge on any atom is -0.547 e. The molecule has 0 heterocycles. The summed E-state index contributed by atoms with van der Waals surface area (Å²) >= 11 is 0. The third-order valence-electron chi connectivity index (χ3n) is 4.46. The number of hydrogen-bond donors (Lipinski definition) is 0. The van der Waals surface area contributed by atoms with Gasteiger partial charge in [0.1, 0.15) is 11.5 Å². The standard InChI is InChI=1S/C19H30O2Si/c1-19(2,3)15-10-12-17(18(13-15)21-22(4)5)14-7-6-8-16(20)11-9-14/h10,12-14,22H,6-9,11H2,1-5H3. The Morgan fingerprint density at radius 1 is 1.14 bits per heavy atom. The van der Waals surface area contributed by atoms with Crippen LogP contribution in [0.1, 0.15) is 69.9 Å². The van der Waals surface area contributed by atoms with E-state index in [2.05, 4.69) is 52.1 Å². The van der Waals surface area contributed by atoms with Gasteiger partial charge in [-0.1, -0.05) is 32.9 Å². The highest BCUT2D eigenvalue weighted by atomic mass is 28.3. The fraction of sp³-hybridized carbons (Fsp3) is 0.632. The van der Waals surface area contributed by atoms with E-state index in [1.54, 1.807) is 0 Å². The van der Waals surface area contributed by atoms with Crippen molar-refractivity contribution in [1.82, 2.24) is 0 Å². The topological polar surface area (TPSA) is 26.3 Å². The van der Waals surface area contributed by atoms with Gasteiger partial charge in [-0.3, -0.25) is 4.79 Å². The molecule has 1 aliphatic carbocycles. The fourth-order valence-electron chi connectivity index (χ4n) is 3.16. The highest BCUT2D eigenvalue weighted by Gasteiger charge is 2.23. The second-order valence-electron chi connectivity index (χ2n) is 7.84. The molecule has 122 valence electrons. The first-order valence-electron chi connectivity index (χ1n) is 8.60. The van der Waals surface area contributed by atoms with Crippen LogP contribution >= 0.6 is 0 Å². The van der Waals surface area contributed by atoms with Crippen LogP contribution in [0.25, 0.3) is 0 Å². The smallest absolute Gasteiger partial charge is 0.229 e. The normalized spacial score (nSPS) is 20.1. The van der Waals surface area contributed by atoms with Gasteiger partial charge in [0.2, 0.25) is 9.04 Å². The van der Waals surface area contributed by atoms with Crippen molar-refractivity contribution in [3.63, 3.8) is 0 Å². The summed E-state index contributed by atoms with van der Waals surface area (Å²) in [6, 6.07) is 6.75. The molecule has 0 N–H and O–H groups in total. The van der Waals surface area contributed by atoms with Crippen molar-refractivity contribution in [3.8, 4) is 5.75 Å². The van der Waals surface area contributed by atoms with Crippen LogP contribution in [0.2, 0.25) is 13.1 Å². The molecule has 0 aromatic heterocycles. The van der Waals surface area contributed by atoms with E-state index < -0.39 is 9.04 Å². The summed E-state index contributed by atoms with van der Waals surface area (Å²) in [5, 5.41) is 0. The molecule has 0 bridgehead atoms. The second-order valence-corrected chi connectivity index (χ2v) is 10.2. The Kier molecular flexibility index (Phi) is 5.49. The summed E-state index contributed by atoms with van der Waals surface area (Å²) in [6.45, 7) is 11.1. The number of Topliss-reactive ketones (excluding diaryl/α,β-unsaturated/α-hetero) is 1. The SMILES string of the molecule is C[SiH](C)Oc1cc(C(C)(C)C)ccc1C1CCCC(=O)CC1. The van der Waals surface area contributed by atoms with Gasteiger partial charge in [0.05, 0.1) is 0 Å². The molecule has 2 nitrogen and oxygen atoms in total. The van der Waals surface area contributed by atoms with E-state index in [9.17, 15) is 4.79 Å². The molecule has 1 aliphatic rings. The molecule has 0 amide bonds. The van der Waals surface area contributed by atoms with Crippen LogP contribution in [0.5, 0.6) is 5.75 Å². The molecule has 2 rings (SSSR count). The molecule has 3 heteroatoms. The lowest BCUT2D eigenvalue weighted by molar-refractivity contribution is -0.118. The van der Waals surface area contributed by atoms with Crippen LogP contribution in [0, 0.1) is 0 Å². The maximum Gasteiger partial charge on any atom is 0.229 e. The van der Waals surface area contributed by atoms with Crippen LogP contribution in [-0.2, 0) is 10.2 Å². The van der Waals surface area contributed by atoms with Gasteiger partial charge in [0.15, 0.2) is 0 Å². The molecule has 0 aliphatic heterocycles. The highest BCUT2D eigenvalue weighted by Crippen LogP contribution is 2.38. The minimum atomic E-state index is -1.14. The predicted molar refractivity (Wildman–Crippen MR) is 95.5 cm³/mol. The monoisotopic (exact) mass is 318 g/mol. The zero-order valence-corrected chi connectivity index (χ0v) is 15.9. The molecule has 1 aromatic carbocycles. The predicted octanol–water partition coefficient (Wildman–Crippen LogP) is 4.96. The molecule has 1 fully saturated rings. The van der Waals surface area contributed by atoms with Crippen molar-refractivity contribution in [1.29, 1.82) is 0 Å². The van der Waals surface area contributed by atoms with E-state index >= 15 is 0 Å². The van der Waals surface area contributed by atoms with Crippen molar-refractivity contribution >= 4 is 14.8 Å². The van der Waals surface area contributed by atoms with Crippen molar-refractivity contribution < 1.29 is 9.22 Å². The third-order valence-corrected chi connectivity index (χ3v) is 5.19. The third kappa shape index (κ3) is 4.45. The number of hydrogen-bond acceptors (Lipinski definition) is 2. The number of rotatable bonds is 3. The first-order valence-corrected chi connectivity index (χ1v) is 11.4. The van der Waals surface area contributed by atoms with Gasteiger partial charge in [-0.25, -0.2) is 0 Å². The summed E-state index contributed by atoms with van der Waals surface area (Å²) in [5.41, 5.74) is 2.78. The quantitative estimate of drug-likeness (QED) is 0.581. The lowest BCUT2D eigenvalue weighted by Crippen LogP contribution is -2.16. The highest BCUT2D eigenvalue weighted by molar-refractivity contribution is 6.49. The average molecular weight is 319 g/mol. The van der Waals surface area contributed by atoms with Gasteiger partial charge in [-0.15, -0.1) is 0 Å². The molecular formula is C19H30O2Si. The Bertz CT molecular complexity index is 529. The van der Waals surface area contributed by atoms with Crippen molar-refractivity contribution in [2.24, 2.45) is 0 Å². The zero-order chi connectivity index (χ0) is 16.3. The van der Waals surface area contributed by atoms with E-state index in [0.29, 0.717) is 11.7 Å². The Morgan fingerprint density at radius 3 is 2.50 bits per heavy atom. The van der Waals surface area contributed by atoms with E-state index in [1.165, 1.54) is 11.1 Å².